The van der Waals surface area contributed by atoms with Crippen molar-refractivity contribution in [2.24, 2.45) is 5.92 Å². The molecule has 142 valence electrons. The molecule has 2 aliphatic rings. The van der Waals surface area contributed by atoms with Crippen molar-refractivity contribution >= 4 is 27.1 Å². The van der Waals surface area contributed by atoms with E-state index in [9.17, 15) is 23.3 Å². The molecule has 0 radical (unpaired) electrons. The van der Waals surface area contributed by atoms with E-state index in [1.807, 2.05) is 4.90 Å². The van der Waals surface area contributed by atoms with E-state index < -0.39 is 20.4 Å². The monoisotopic (exact) mass is 381 g/mol. The highest BCUT2D eigenvalue weighted by atomic mass is 32.2. The number of carbonyl (C=O) groups is 1. The first kappa shape index (κ1) is 18.6. The van der Waals surface area contributed by atoms with E-state index in [0.717, 1.165) is 31.9 Å². The molecule has 8 nitrogen and oxygen atoms in total. The highest BCUT2D eigenvalue weighted by molar-refractivity contribution is 7.90. The number of para-hydroxylation sites is 1. The average Bonchev–Trinajstić information content (AvgIpc) is 3.24. The number of nitrogens with zero attached hydrogens (tertiary/aromatic N) is 2. The Kier molecular flexibility index (Phi) is 5.17. The van der Waals surface area contributed by atoms with Crippen molar-refractivity contribution in [1.29, 1.82) is 0 Å². The molecule has 1 N–H and O–H groups in total. The van der Waals surface area contributed by atoms with Crippen molar-refractivity contribution in [3.8, 4) is 0 Å². The first-order valence-electron chi connectivity index (χ1n) is 8.80. The maximum absolute atomic E-state index is 12.5. The summed E-state index contributed by atoms with van der Waals surface area (Å²) in [5.74, 6) is 0.280. The lowest BCUT2D eigenvalue weighted by Gasteiger charge is -2.21. The Bertz CT molecular complexity index is 818. The van der Waals surface area contributed by atoms with Crippen molar-refractivity contribution in [2.75, 3.05) is 24.7 Å². The van der Waals surface area contributed by atoms with Gasteiger partial charge in [-0.1, -0.05) is 18.9 Å². The Morgan fingerprint density at radius 2 is 1.96 bits per heavy atom. The molecule has 3 rings (SSSR count). The van der Waals surface area contributed by atoms with Crippen LogP contribution in [0.2, 0.25) is 0 Å². The normalized spacial score (nSPS) is 21.1. The Balaban J connectivity index is 1.76. The van der Waals surface area contributed by atoms with Crippen LogP contribution in [0.1, 0.15) is 32.1 Å². The third kappa shape index (κ3) is 3.82. The summed E-state index contributed by atoms with van der Waals surface area (Å²) in [7, 11) is -3.72. The standard InChI is InChI=1S/C17H23N3O5S/c1-26(24,25)15-8-4-7-14(16(15)20(22)23)18-13-9-10-19(11-13)17(21)12-5-2-3-6-12/h4,7-8,12-13,18H,2-3,5-6,9-11H2,1H3. The largest absolute Gasteiger partial charge is 0.375 e. The zero-order valence-corrected chi connectivity index (χ0v) is 15.5. The summed E-state index contributed by atoms with van der Waals surface area (Å²) in [5, 5.41) is 14.5. The second-order valence-electron chi connectivity index (χ2n) is 7.08. The van der Waals surface area contributed by atoms with Gasteiger partial charge >= 0.3 is 5.69 Å². The van der Waals surface area contributed by atoms with E-state index in [-0.39, 0.29) is 28.4 Å². The third-order valence-electron chi connectivity index (χ3n) is 5.15. The summed E-state index contributed by atoms with van der Waals surface area (Å²) in [6, 6.07) is 4.11. The van der Waals surface area contributed by atoms with Crippen LogP contribution in [0.3, 0.4) is 0 Å². The summed E-state index contributed by atoms with van der Waals surface area (Å²) in [5.41, 5.74) is -0.256. The Morgan fingerprint density at radius 1 is 1.27 bits per heavy atom. The number of benzene rings is 1. The number of anilines is 1. The van der Waals surface area contributed by atoms with Gasteiger partial charge in [-0.05, 0) is 31.4 Å². The molecule has 26 heavy (non-hydrogen) atoms. The molecule has 0 spiro atoms. The fourth-order valence-electron chi connectivity index (χ4n) is 3.86. The van der Waals surface area contributed by atoms with Crippen molar-refractivity contribution in [2.45, 2.75) is 43.0 Å². The first-order chi connectivity index (χ1) is 12.3. The lowest BCUT2D eigenvalue weighted by atomic mass is 10.1. The zero-order chi connectivity index (χ0) is 18.9. The van der Waals surface area contributed by atoms with E-state index >= 15 is 0 Å². The quantitative estimate of drug-likeness (QED) is 0.618. The molecule has 1 saturated carbocycles. The fourth-order valence-corrected chi connectivity index (χ4v) is 4.72. The summed E-state index contributed by atoms with van der Waals surface area (Å²) in [4.78, 5) is 24.8. The minimum absolute atomic E-state index is 0.108. The van der Waals surface area contributed by atoms with Crippen LogP contribution in [0.15, 0.2) is 23.1 Å². The molecular formula is C17H23N3O5S. The molecule has 1 aromatic rings. The van der Waals surface area contributed by atoms with Gasteiger partial charge in [-0.25, -0.2) is 8.42 Å². The SMILES string of the molecule is CS(=O)(=O)c1cccc(NC2CCN(C(=O)C3CCCC3)C2)c1[N+](=O)[O-]. The number of nitrogens with one attached hydrogen (secondary N) is 1. The number of sulfone groups is 1. The Hall–Kier alpha value is -2.16. The molecule has 9 heteroatoms. The van der Waals surface area contributed by atoms with Crippen LogP contribution in [0.4, 0.5) is 11.4 Å². The van der Waals surface area contributed by atoms with Crippen molar-refractivity contribution in [3.63, 3.8) is 0 Å². The van der Waals surface area contributed by atoms with Crippen molar-refractivity contribution in [1.82, 2.24) is 4.90 Å². The van der Waals surface area contributed by atoms with E-state index in [2.05, 4.69) is 5.32 Å². The molecular weight excluding hydrogens is 358 g/mol. The summed E-state index contributed by atoms with van der Waals surface area (Å²) < 4.78 is 23.7. The lowest BCUT2D eigenvalue weighted by molar-refractivity contribution is -0.386. The van der Waals surface area contributed by atoms with Crippen LogP contribution in [0, 0.1) is 16.0 Å². The molecule has 1 saturated heterocycles. The molecule has 0 aromatic heterocycles. The zero-order valence-electron chi connectivity index (χ0n) is 14.7. The molecule has 2 fully saturated rings. The fraction of sp³-hybridized carbons (Fsp3) is 0.588. The highest BCUT2D eigenvalue weighted by Gasteiger charge is 2.34. The number of carbonyl (C=O) groups excluding carboxylic acids is 1. The number of nitro benzene ring substituents is 1. The van der Waals surface area contributed by atoms with Gasteiger partial charge in [0.05, 0.1) is 4.92 Å². The topological polar surface area (TPSA) is 110 Å². The van der Waals surface area contributed by atoms with Gasteiger partial charge in [-0.15, -0.1) is 0 Å². The molecule has 1 aromatic carbocycles. The summed E-state index contributed by atoms with van der Waals surface area (Å²) in [6.45, 7) is 1.10. The van der Waals surface area contributed by atoms with Crippen LogP contribution < -0.4 is 5.32 Å². The average molecular weight is 381 g/mol. The molecule has 1 amide bonds. The van der Waals surface area contributed by atoms with E-state index in [1.54, 1.807) is 0 Å². The molecule has 1 heterocycles. The number of hydrogen-bond acceptors (Lipinski definition) is 6. The predicted octanol–water partition coefficient (Wildman–Crippen LogP) is 2.20. The van der Waals surface area contributed by atoms with Crippen molar-refractivity contribution < 1.29 is 18.1 Å². The van der Waals surface area contributed by atoms with Gasteiger partial charge in [-0.3, -0.25) is 14.9 Å². The van der Waals surface area contributed by atoms with Gasteiger partial charge in [0, 0.05) is 31.3 Å². The number of hydrogen-bond donors (Lipinski definition) is 1. The maximum Gasteiger partial charge on any atom is 0.310 e. The smallest absolute Gasteiger partial charge is 0.310 e. The van der Waals surface area contributed by atoms with Gasteiger partial charge in [-0.2, -0.15) is 0 Å². The number of nitro groups is 1. The van der Waals surface area contributed by atoms with Crippen LogP contribution in [-0.4, -0.2) is 49.5 Å². The summed E-state index contributed by atoms with van der Waals surface area (Å²) >= 11 is 0. The Labute approximate surface area is 152 Å². The predicted molar refractivity (Wildman–Crippen MR) is 96.8 cm³/mol. The van der Waals surface area contributed by atoms with Crippen LogP contribution in [-0.2, 0) is 14.6 Å². The number of likely N-dealkylation sites (tertiary alicyclic amines) is 1. The van der Waals surface area contributed by atoms with Gasteiger partial charge in [0.2, 0.25) is 5.91 Å². The molecule has 1 aliphatic carbocycles. The Morgan fingerprint density at radius 3 is 2.58 bits per heavy atom. The number of rotatable bonds is 5. The minimum atomic E-state index is -3.72. The molecule has 1 unspecified atom stereocenters. The molecule has 0 bridgehead atoms. The van der Waals surface area contributed by atoms with Gasteiger partial charge in [0.15, 0.2) is 9.84 Å². The third-order valence-corrected chi connectivity index (χ3v) is 6.27. The molecule has 1 atom stereocenters. The van der Waals surface area contributed by atoms with Crippen LogP contribution in [0.5, 0.6) is 0 Å². The van der Waals surface area contributed by atoms with Gasteiger partial charge < -0.3 is 10.2 Å². The number of amides is 1. The van der Waals surface area contributed by atoms with Gasteiger partial charge in [0.25, 0.3) is 0 Å². The van der Waals surface area contributed by atoms with E-state index in [4.69, 9.17) is 0 Å². The molecule has 1 aliphatic heterocycles. The highest BCUT2D eigenvalue weighted by Crippen LogP contribution is 2.34. The van der Waals surface area contributed by atoms with Crippen LogP contribution >= 0.6 is 0 Å². The van der Waals surface area contributed by atoms with Crippen molar-refractivity contribution in [3.05, 3.63) is 28.3 Å². The summed E-state index contributed by atoms with van der Waals surface area (Å²) in [6.07, 6.45) is 5.70. The van der Waals surface area contributed by atoms with E-state index in [0.29, 0.717) is 19.5 Å². The van der Waals surface area contributed by atoms with Gasteiger partial charge in [0.1, 0.15) is 10.6 Å². The maximum atomic E-state index is 12.5. The minimum Gasteiger partial charge on any atom is -0.375 e. The first-order valence-corrected chi connectivity index (χ1v) is 10.7. The lowest BCUT2D eigenvalue weighted by Crippen LogP contribution is -2.35. The second-order valence-corrected chi connectivity index (χ2v) is 9.06. The second kappa shape index (κ2) is 7.22. The van der Waals surface area contributed by atoms with E-state index in [1.165, 1.54) is 18.2 Å². The van der Waals surface area contributed by atoms with Crippen LogP contribution in [0.25, 0.3) is 0 Å².